The molecule has 0 bridgehead atoms. The first kappa shape index (κ1) is 15.4. The number of hydrogen-bond acceptors (Lipinski definition) is 5. The molecule has 0 saturated carbocycles. The molecule has 0 radical (unpaired) electrons. The Balaban J connectivity index is 1.69. The predicted octanol–water partition coefficient (Wildman–Crippen LogP) is 2.96. The quantitative estimate of drug-likeness (QED) is 0.734. The number of aryl methyl sites for hydroxylation is 5. The molecule has 0 saturated heterocycles. The van der Waals surface area contributed by atoms with Crippen LogP contribution >= 0.6 is 0 Å². The Morgan fingerprint density at radius 2 is 1.87 bits per heavy atom. The molecule has 0 amide bonds. The van der Waals surface area contributed by atoms with Crippen LogP contribution in [-0.2, 0) is 6.54 Å². The Hall–Kier alpha value is -2.50. The summed E-state index contributed by atoms with van der Waals surface area (Å²) in [4.78, 5) is 13.1. The van der Waals surface area contributed by atoms with Gasteiger partial charge in [0.05, 0.1) is 11.1 Å². The fourth-order valence-electron chi connectivity index (χ4n) is 2.88. The van der Waals surface area contributed by atoms with Crippen LogP contribution in [0.2, 0.25) is 0 Å². The van der Waals surface area contributed by atoms with Crippen molar-refractivity contribution in [1.82, 2.24) is 24.7 Å². The Kier molecular flexibility index (Phi) is 4.23. The molecule has 0 aliphatic rings. The van der Waals surface area contributed by atoms with Gasteiger partial charge in [0.25, 0.3) is 0 Å². The molecule has 6 nitrogen and oxygen atoms in total. The second-order valence-corrected chi connectivity index (χ2v) is 5.93. The van der Waals surface area contributed by atoms with E-state index in [0.29, 0.717) is 0 Å². The molecule has 3 aromatic rings. The van der Waals surface area contributed by atoms with Crippen LogP contribution in [0.25, 0.3) is 11.0 Å². The average Bonchev–Trinajstić information content (AvgIpc) is 2.81. The summed E-state index contributed by atoms with van der Waals surface area (Å²) in [5.41, 5.74) is 5.14. The number of hydrogen-bond donors (Lipinski definition) is 1. The predicted molar refractivity (Wildman–Crippen MR) is 91.6 cm³/mol. The molecule has 0 aliphatic heterocycles. The average molecular weight is 310 g/mol. The molecule has 23 heavy (non-hydrogen) atoms. The van der Waals surface area contributed by atoms with E-state index in [4.69, 9.17) is 0 Å². The first-order valence-corrected chi connectivity index (χ1v) is 7.88. The lowest BCUT2D eigenvalue weighted by atomic mass is 10.1. The van der Waals surface area contributed by atoms with Crippen LogP contribution in [0.15, 0.2) is 18.5 Å². The molecule has 3 heterocycles. The van der Waals surface area contributed by atoms with E-state index in [2.05, 4.69) is 51.3 Å². The zero-order valence-corrected chi connectivity index (χ0v) is 14.1. The van der Waals surface area contributed by atoms with Crippen molar-refractivity contribution in [2.45, 2.75) is 40.7 Å². The van der Waals surface area contributed by atoms with E-state index >= 15 is 0 Å². The zero-order chi connectivity index (χ0) is 16.4. The highest BCUT2D eigenvalue weighted by atomic mass is 15.3. The molecule has 120 valence electrons. The number of fused-ring (bicyclic) bond motifs is 1. The first-order chi connectivity index (χ1) is 11.0. The minimum Gasteiger partial charge on any atom is -0.369 e. The molecule has 0 unspecified atom stereocenters. The van der Waals surface area contributed by atoms with Crippen molar-refractivity contribution in [3.63, 3.8) is 0 Å². The summed E-state index contributed by atoms with van der Waals surface area (Å²) in [5, 5.41) is 8.90. The summed E-state index contributed by atoms with van der Waals surface area (Å²) >= 11 is 0. The third-order valence-corrected chi connectivity index (χ3v) is 3.87. The standard InChI is InChI=1S/C17H22N6/c1-11-8-12(2)21-17-15(11)16(19-10-20-17)18-6-5-7-23-14(4)9-13(3)22-23/h8-10H,5-7H2,1-4H3,(H,18,19,20,21). The maximum Gasteiger partial charge on any atom is 0.165 e. The van der Waals surface area contributed by atoms with Gasteiger partial charge in [-0.2, -0.15) is 5.10 Å². The minimum atomic E-state index is 0.749. The third kappa shape index (κ3) is 3.31. The normalized spacial score (nSPS) is 11.1. The van der Waals surface area contributed by atoms with E-state index < -0.39 is 0 Å². The van der Waals surface area contributed by atoms with E-state index in [1.165, 1.54) is 5.69 Å². The SMILES string of the molecule is Cc1cc(C)c2c(NCCCn3nc(C)cc3C)ncnc2n1. The number of anilines is 1. The van der Waals surface area contributed by atoms with Gasteiger partial charge in [0.2, 0.25) is 0 Å². The number of nitrogens with zero attached hydrogens (tertiary/aromatic N) is 5. The number of rotatable bonds is 5. The van der Waals surface area contributed by atoms with Crippen LogP contribution < -0.4 is 5.32 Å². The van der Waals surface area contributed by atoms with Crippen molar-refractivity contribution in [3.05, 3.63) is 41.1 Å². The number of aromatic nitrogens is 5. The largest absolute Gasteiger partial charge is 0.369 e. The highest BCUT2D eigenvalue weighted by Gasteiger charge is 2.08. The summed E-state index contributed by atoms with van der Waals surface area (Å²) < 4.78 is 2.05. The fourth-order valence-corrected chi connectivity index (χ4v) is 2.88. The first-order valence-electron chi connectivity index (χ1n) is 7.88. The molecule has 0 aliphatic carbocycles. The van der Waals surface area contributed by atoms with Gasteiger partial charge in [0.15, 0.2) is 5.65 Å². The topological polar surface area (TPSA) is 68.5 Å². The molecule has 6 heteroatoms. The maximum absolute atomic E-state index is 4.48. The lowest BCUT2D eigenvalue weighted by molar-refractivity contribution is 0.573. The second kappa shape index (κ2) is 6.32. The zero-order valence-electron chi connectivity index (χ0n) is 14.1. The second-order valence-electron chi connectivity index (χ2n) is 5.93. The van der Waals surface area contributed by atoms with Crippen LogP contribution in [0, 0.1) is 27.7 Å². The van der Waals surface area contributed by atoms with Gasteiger partial charge in [0, 0.05) is 24.5 Å². The summed E-state index contributed by atoms with van der Waals surface area (Å²) in [6.45, 7) is 9.89. The fraction of sp³-hybridized carbons (Fsp3) is 0.412. The van der Waals surface area contributed by atoms with Gasteiger partial charge in [-0.15, -0.1) is 0 Å². The maximum atomic E-state index is 4.48. The van der Waals surface area contributed by atoms with Crippen LogP contribution in [0.3, 0.4) is 0 Å². The molecule has 3 aromatic heterocycles. The Morgan fingerprint density at radius 1 is 1.04 bits per heavy atom. The minimum absolute atomic E-state index is 0.749. The smallest absolute Gasteiger partial charge is 0.165 e. The van der Waals surface area contributed by atoms with Crippen molar-refractivity contribution in [3.8, 4) is 0 Å². The van der Waals surface area contributed by atoms with Crippen molar-refractivity contribution < 1.29 is 0 Å². The molecular formula is C17H22N6. The van der Waals surface area contributed by atoms with Gasteiger partial charge >= 0.3 is 0 Å². The van der Waals surface area contributed by atoms with Crippen LogP contribution in [-0.4, -0.2) is 31.3 Å². The Labute approximate surface area is 136 Å². The van der Waals surface area contributed by atoms with E-state index in [9.17, 15) is 0 Å². The lowest BCUT2D eigenvalue weighted by Crippen LogP contribution is -2.10. The molecule has 0 fully saturated rings. The Morgan fingerprint density at radius 3 is 2.61 bits per heavy atom. The summed E-state index contributed by atoms with van der Waals surface area (Å²) in [6, 6.07) is 4.16. The molecule has 0 aromatic carbocycles. The third-order valence-electron chi connectivity index (χ3n) is 3.87. The van der Waals surface area contributed by atoms with Gasteiger partial charge in [-0.1, -0.05) is 0 Å². The van der Waals surface area contributed by atoms with Gasteiger partial charge in [-0.05, 0) is 51.8 Å². The van der Waals surface area contributed by atoms with E-state index in [0.717, 1.165) is 53.3 Å². The lowest BCUT2D eigenvalue weighted by Gasteiger charge is -2.10. The van der Waals surface area contributed by atoms with Crippen LogP contribution in [0.1, 0.15) is 29.1 Å². The van der Waals surface area contributed by atoms with E-state index in [1.807, 2.05) is 18.5 Å². The Bertz CT molecular complexity index is 836. The highest BCUT2D eigenvalue weighted by molar-refractivity contribution is 5.89. The monoisotopic (exact) mass is 310 g/mol. The van der Waals surface area contributed by atoms with Crippen LogP contribution in [0.4, 0.5) is 5.82 Å². The number of nitrogens with one attached hydrogen (secondary N) is 1. The summed E-state index contributed by atoms with van der Waals surface area (Å²) in [5.74, 6) is 0.855. The van der Waals surface area contributed by atoms with Crippen molar-refractivity contribution >= 4 is 16.9 Å². The molecule has 0 spiro atoms. The molecule has 3 rings (SSSR count). The van der Waals surface area contributed by atoms with E-state index in [1.54, 1.807) is 6.33 Å². The highest BCUT2D eigenvalue weighted by Crippen LogP contribution is 2.22. The molecule has 0 atom stereocenters. The summed E-state index contributed by atoms with van der Waals surface area (Å²) in [6.07, 6.45) is 2.54. The van der Waals surface area contributed by atoms with E-state index in [-0.39, 0.29) is 0 Å². The van der Waals surface area contributed by atoms with Gasteiger partial charge in [-0.3, -0.25) is 4.68 Å². The van der Waals surface area contributed by atoms with Crippen molar-refractivity contribution in [2.75, 3.05) is 11.9 Å². The number of pyridine rings is 1. The van der Waals surface area contributed by atoms with Gasteiger partial charge in [0.1, 0.15) is 12.1 Å². The van der Waals surface area contributed by atoms with Crippen LogP contribution in [0.5, 0.6) is 0 Å². The van der Waals surface area contributed by atoms with Gasteiger partial charge in [-0.25, -0.2) is 15.0 Å². The molecular weight excluding hydrogens is 288 g/mol. The summed E-state index contributed by atoms with van der Waals surface area (Å²) in [7, 11) is 0. The van der Waals surface area contributed by atoms with Crippen molar-refractivity contribution in [1.29, 1.82) is 0 Å². The van der Waals surface area contributed by atoms with Crippen molar-refractivity contribution in [2.24, 2.45) is 0 Å². The molecule has 1 N–H and O–H groups in total. The van der Waals surface area contributed by atoms with Gasteiger partial charge < -0.3 is 5.32 Å².